The van der Waals surface area contributed by atoms with Crippen LogP contribution in [-0.4, -0.2) is 31.6 Å². The van der Waals surface area contributed by atoms with Gasteiger partial charge in [0.1, 0.15) is 12.7 Å². The maximum Gasteiger partial charge on any atom is 0.265 e. The summed E-state index contributed by atoms with van der Waals surface area (Å²) in [5.74, 6) is -0.534. The smallest absolute Gasteiger partial charge is 0.265 e. The molecule has 0 saturated heterocycles. The molecule has 10 heteroatoms. The first-order valence-electron chi connectivity index (χ1n) is 9.16. The van der Waals surface area contributed by atoms with Crippen LogP contribution in [0.15, 0.2) is 72.8 Å². The Morgan fingerprint density at radius 1 is 0.871 bits per heavy atom. The molecule has 152 valence electrons. The number of rotatable bonds is 5. The molecule has 8 nitrogen and oxygen atoms in total. The number of aromatic nitrogens is 4. The fraction of sp³-hybridized carbons (Fsp3) is 0. The molecule has 0 atom stereocenters. The summed E-state index contributed by atoms with van der Waals surface area (Å²) in [6.45, 7) is 0. The zero-order chi connectivity index (χ0) is 21.2. The number of nitrogens with zero attached hydrogens (tertiary/aromatic N) is 4. The molecular weight excluding hydrogens is 432 g/mol. The third-order valence-electron chi connectivity index (χ3n) is 4.45. The molecule has 0 aliphatic heterocycles. The third-order valence-corrected chi connectivity index (χ3v) is 6.33. The monoisotopic (exact) mass is 446 g/mol. The van der Waals surface area contributed by atoms with Gasteiger partial charge in [-0.25, -0.2) is 14.6 Å². The van der Waals surface area contributed by atoms with E-state index in [0.29, 0.717) is 21.1 Å². The van der Waals surface area contributed by atoms with Gasteiger partial charge < -0.3 is 10.6 Å². The maximum absolute atomic E-state index is 12.6. The van der Waals surface area contributed by atoms with Crippen molar-refractivity contribution in [2.24, 2.45) is 0 Å². The summed E-state index contributed by atoms with van der Waals surface area (Å²) in [6.07, 6.45) is 3.05. The predicted molar refractivity (Wildman–Crippen MR) is 121 cm³/mol. The van der Waals surface area contributed by atoms with Crippen molar-refractivity contribution in [3.8, 4) is 5.69 Å². The average Bonchev–Trinajstić information content (AvgIpc) is 3.55. The molecule has 5 rings (SSSR count). The molecular formula is C21H14N6O2S2. The van der Waals surface area contributed by atoms with Crippen molar-refractivity contribution in [1.29, 1.82) is 0 Å². The molecule has 3 heterocycles. The zero-order valence-corrected chi connectivity index (χ0v) is 17.5. The molecule has 5 aromatic rings. The molecule has 0 aliphatic carbocycles. The van der Waals surface area contributed by atoms with E-state index in [4.69, 9.17) is 0 Å². The molecule has 0 spiro atoms. The minimum absolute atomic E-state index is 0.259. The van der Waals surface area contributed by atoms with Gasteiger partial charge in [0.05, 0.1) is 31.2 Å². The van der Waals surface area contributed by atoms with E-state index < -0.39 is 0 Å². The number of thiophene rings is 1. The van der Waals surface area contributed by atoms with Gasteiger partial charge >= 0.3 is 0 Å². The van der Waals surface area contributed by atoms with E-state index in [1.165, 1.54) is 17.7 Å². The van der Waals surface area contributed by atoms with Gasteiger partial charge in [-0.2, -0.15) is 5.10 Å². The molecule has 0 fully saturated rings. The normalized spacial score (nSPS) is 10.8. The number of thiazole rings is 1. The van der Waals surface area contributed by atoms with Crippen molar-refractivity contribution in [3.05, 3.63) is 82.5 Å². The highest BCUT2D eigenvalue weighted by atomic mass is 32.1. The molecule has 31 heavy (non-hydrogen) atoms. The predicted octanol–water partition coefficient (Wildman–Crippen LogP) is 4.44. The maximum atomic E-state index is 12.6. The number of hydrogen-bond acceptors (Lipinski definition) is 7. The minimum atomic E-state index is -0.274. The van der Waals surface area contributed by atoms with Crippen molar-refractivity contribution in [3.63, 3.8) is 0 Å². The fourth-order valence-corrected chi connectivity index (χ4v) is 4.45. The first-order valence-corrected chi connectivity index (χ1v) is 10.9. The number of carbonyl (C=O) groups excluding carboxylic acids is 2. The highest BCUT2D eigenvalue weighted by Gasteiger charge is 2.15. The van der Waals surface area contributed by atoms with Crippen molar-refractivity contribution < 1.29 is 9.59 Å². The Morgan fingerprint density at radius 3 is 2.29 bits per heavy atom. The molecule has 0 bridgehead atoms. The van der Waals surface area contributed by atoms with E-state index in [9.17, 15) is 9.59 Å². The van der Waals surface area contributed by atoms with Crippen molar-refractivity contribution in [2.75, 3.05) is 10.6 Å². The molecule has 0 aliphatic rings. The highest BCUT2D eigenvalue weighted by molar-refractivity contribution is 7.17. The Bertz CT molecular complexity index is 1370. The number of hydrogen-bond donors (Lipinski definition) is 2. The van der Waals surface area contributed by atoms with E-state index in [0.717, 1.165) is 27.2 Å². The van der Waals surface area contributed by atoms with Crippen LogP contribution in [-0.2, 0) is 0 Å². The van der Waals surface area contributed by atoms with Gasteiger partial charge in [-0.15, -0.1) is 22.7 Å². The quantitative estimate of drug-likeness (QED) is 0.415. The first kappa shape index (κ1) is 19.1. The second-order valence-electron chi connectivity index (χ2n) is 6.49. The Morgan fingerprint density at radius 2 is 1.58 bits per heavy atom. The minimum Gasteiger partial charge on any atom is -0.321 e. The van der Waals surface area contributed by atoms with Gasteiger partial charge in [-0.05, 0) is 54.6 Å². The summed E-state index contributed by atoms with van der Waals surface area (Å²) >= 11 is 2.65. The largest absolute Gasteiger partial charge is 0.321 e. The van der Waals surface area contributed by atoms with E-state index >= 15 is 0 Å². The van der Waals surface area contributed by atoms with Crippen LogP contribution in [0.2, 0.25) is 0 Å². The van der Waals surface area contributed by atoms with Gasteiger partial charge in [0.15, 0.2) is 0 Å². The Hall–Kier alpha value is -3.89. The second-order valence-corrected chi connectivity index (χ2v) is 8.46. The van der Waals surface area contributed by atoms with E-state index in [1.54, 1.807) is 40.8 Å². The summed E-state index contributed by atoms with van der Waals surface area (Å²) in [7, 11) is 0. The van der Waals surface area contributed by atoms with Crippen LogP contribution in [0.4, 0.5) is 11.4 Å². The topological polar surface area (TPSA) is 102 Å². The lowest BCUT2D eigenvalue weighted by Crippen LogP contribution is -2.11. The molecule has 2 aromatic carbocycles. The first-order chi connectivity index (χ1) is 15.2. The second kappa shape index (κ2) is 8.09. The van der Waals surface area contributed by atoms with Gasteiger partial charge in [0.2, 0.25) is 0 Å². The number of carbonyl (C=O) groups is 2. The van der Waals surface area contributed by atoms with Gasteiger partial charge in [0, 0.05) is 11.4 Å². The Kier molecular flexibility index (Phi) is 4.98. The van der Waals surface area contributed by atoms with Gasteiger partial charge in [0.25, 0.3) is 11.8 Å². The summed E-state index contributed by atoms with van der Waals surface area (Å²) in [5, 5.41) is 9.77. The molecule has 3 aromatic heterocycles. The van der Waals surface area contributed by atoms with Crippen LogP contribution in [0.1, 0.15) is 19.3 Å². The molecule has 0 radical (unpaired) electrons. The van der Waals surface area contributed by atoms with Gasteiger partial charge in [-0.3, -0.25) is 9.59 Å². The van der Waals surface area contributed by atoms with Crippen molar-refractivity contribution >= 4 is 56.1 Å². The fourth-order valence-electron chi connectivity index (χ4n) is 2.94. The zero-order valence-electron chi connectivity index (χ0n) is 15.9. The van der Waals surface area contributed by atoms with Crippen LogP contribution in [0.25, 0.3) is 15.9 Å². The summed E-state index contributed by atoms with van der Waals surface area (Å²) < 4.78 is 2.63. The number of anilines is 2. The summed E-state index contributed by atoms with van der Waals surface area (Å²) in [6, 6.07) is 16.1. The molecule has 2 amide bonds. The lowest BCUT2D eigenvalue weighted by molar-refractivity contribution is 0.102. The highest BCUT2D eigenvalue weighted by Crippen LogP contribution is 2.24. The van der Waals surface area contributed by atoms with Crippen LogP contribution in [0, 0.1) is 0 Å². The van der Waals surface area contributed by atoms with Crippen molar-refractivity contribution in [2.45, 2.75) is 0 Å². The third kappa shape index (κ3) is 4.06. The Labute approximate surface area is 184 Å². The number of amides is 2. The standard InChI is InChI=1S/C21H14N6O2S2/c28-20(25-13-1-4-15(5-2-13)27-11-22-10-24-27)17-7-8-18(31-17)21(29)26-14-3-6-16-19(9-14)30-12-23-16/h1-12H,(H,25,28)(H,26,29). The molecule has 0 saturated carbocycles. The van der Waals surface area contributed by atoms with E-state index in [2.05, 4.69) is 25.7 Å². The lowest BCUT2D eigenvalue weighted by Gasteiger charge is -2.05. The number of fused-ring (bicyclic) bond motifs is 1. The average molecular weight is 447 g/mol. The number of nitrogens with one attached hydrogen (secondary N) is 2. The Balaban J connectivity index is 1.25. The van der Waals surface area contributed by atoms with Crippen LogP contribution >= 0.6 is 22.7 Å². The van der Waals surface area contributed by atoms with Crippen LogP contribution in [0.5, 0.6) is 0 Å². The SMILES string of the molecule is O=C(Nc1ccc(-n2cncn2)cc1)c1ccc(C(=O)Nc2ccc3ncsc3c2)s1. The van der Waals surface area contributed by atoms with E-state index in [-0.39, 0.29) is 11.8 Å². The van der Waals surface area contributed by atoms with Crippen LogP contribution in [0.3, 0.4) is 0 Å². The molecule has 2 N–H and O–H groups in total. The van der Waals surface area contributed by atoms with E-state index in [1.807, 2.05) is 30.3 Å². The van der Waals surface area contributed by atoms with Gasteiger partial charge in [-0.1, -0.05) is 0 Å². The number of benzene rings is 2. The summed E-state index contributed by atoms with van der Waals surface area (Å²) in [4.78, 5) is 34.2. The lowest BCUT2D eigenvalue weighted by atomic mass is 10.2. The van der Waals surface area contributed by atoms with Crippen molar-refractivity contribution in [1.82, 2.24) is 19.7 Å². The van der Waals surface area contributed by atoms with Crippen LogP contribution < -0.4 is 10.6 Å². The summed E-state index contributed by atoms with van der Waals surface area (Å²) in [5.41, 5.74) is 4.83. The molecule has 0 unspecified atom stereocenters.